The largest absolute Gasteiger partial charge is 0.294 e. The fourth-order valence-corrected chi connectivity index (χ4v) is 9.50. The van der Waals surface area contributed by atoms with Crippen molar-refractivity contribution in [3.63, 3.8) is 0 Å². The Morgan fingerprint density at radius 3 is 1.98 bits per heavy atom. The van der Waals surface area contributed by atoms with Crippen LogP contribution in [-0.4, -0.2) is 18.9 Å². The second-order valence-corrected chi connectivity index (χ2v) is 15.5. The van der Waals surface area contributed by atoms with Gasteiger partial charge < -0.3 is 0 Å². The van der Waals surface area contributed by atoms with E-state index >= 15 is 0 Å². The number of hydrogen-bond donors (Lipinski definition) is 0. The quantitative estimate of drug-likeness (QED) is 0.172. The summed E-state index contributed by atoms with van der Waals surface area (Å²) in [6.45, 7) is 4.69. The summed E-state index contributed by atoms with van der Waals surface area (Å²) in [6, 6.07) is 59.6. The molecule has 4 nitrogen and oxygen atoms in total. The van der Waals surface area contributed by atoms with E-state index in [1.165, 1.54) is 54.9 Å². The van der Waals surface area contributed by atoms with Crippen molar-refractivity contribution in [2.24, 2.45) is 0 Å². The summed E-state index contributed by atoms with van der Waals surface area (Å²) in [5.41, 5.74) is 16.6. The summed E-state index contributed by atoms with van der Waals surface area (Å²) >= 11 is 0. The molecule has 4 heteroatoms. The number of aromatic nitrogens is 4. The Labute approximate surface area is 317 Å². The molecule has 55 heavy (non-hydrogen) atoms. The molecule has 0 spiro atoms. The Balaban J connectivity index is 1.04. The minimum absolute atomic E-state index is 0.0446. The summed E-state index contributed by atoms with van der Waals surface area (Å²) in [6.07, 6.45) is 1.95. The Bertz CT molecular complexity index is 3420. The van der Waals surface area contributed by atoms with Crippen molar-refractivity contribution in [3.05, 3.63) is 181 Å². The molecule has 1 aliphatic carbocycles. The van der Waals surface area contributed by atoms with Gasteiger partial charge >= 0.3 is 0 Å². The lowest BCUT2D eigenvalue weighted by Crippen LogP contribution is -2.14. The lowest BCUT2D eigenvalue weighted by atomic mass is 9.81. The standard InChI is InChI=1S/C51H34N4/c1-51(2)42-18-7-5-15-36(42)37-23-22-33(27-43(37)51)31-12-11-13-32(26-31)34-24-25-52-49(28-34)54-45-20-9-6-16-38(45)41-29-40-35-14-3-4-17-39(35)50-53-44-19-8-10-21-46(44)55(50)48(40)30-47(41)54/h3-30H,1-2H3. The van der Waals surface area contributed by atoms with E-state index in [2.05, 4.69) is 187 Å². The minimum atomic E-state index is -0.0446. The van der Waals surface area contributed by atoms with Crippen LogP contribution >= 0.6 is 0 Å². The lowest BCUT2D eigenvalue weighted by Gasteiger charge is -2.22. The molecule has 0 N–H and O–H groups in total. The van der Waals surface area contributed by atoms with Crippen molar-refractivity contribution in [2.45, 2.75) is 19.3 Å². The summed E-state index contributed by atoms with van der Waals surface area (Å²) in [4.78, 5) is 10.2. The summed E-state index contributed by atoms with van der Waals surface area (Å²) < 4.78 is 4.67. The average Bonchev–Trinajstić information content (AvgIpc) is 3.86. The van der Waals surface area contributed by atoms with E-state index < -0.39 is 0 Å². The van der Waals surface area contributed by atoms with E-state index in [0.717, 1.165) is 55.6 Å². The molecule has 0 bridgehead atoms. The highest BCUT2D eigenvalue weighted by atomic mass is 15.1. The normalized spacial score (nSPS) is 13.4. The maximum absolute atomic E-state index is 5.15. The number of para-hydroxylation sites is 3. The van der Waals surface area contributed by atoms with Crippen LogP contribution in [0.1, 0.15) is 25.0 Å². The summed E-state index contributed by atoms with van der Waals surface area (Å²) in [5.74, 6) is 0.887. The smallest absolute Gasteiger partial charge is 0.146 e. The molecule has 4 heterocycles. The summed E-state index contributed by atoms with van der Waals surface area (Å²) in [7, 11) is 0. The third-order valence-corrected chi connectivity index (χ3v) is 12.1. The van der Waals surface area contributed by atoms with Gasteiger partial charge in [-0.25, -0.2) is 9.97 Å². The van der Waals surface area contributed by atoms with Crippen LogP contribution in [-0.2, 0) is 5.41 Å². The van der Waals surface area contributed by atoms with Crippen LogP contribution in [0.3, 0.4) is 0 Å². The van der Waals surface area contributed by atoms with Gasteiger partial charge in [0, 0.05) is 33.2 Å². The molecule has 0 amide bonds. The zero-order valence-corrected chi connectivity index (χ0v) is 30.5. The minimum Gasteiger partial charge on any atom is -0.294 e. The van der Waals surface area contributed by atoms with Gasteiger partial charge in [-0.05, 0) is 104 Å². The Hall–Kier alpha value is -7.04. The molecule has 258 valence electrons. The first-order valence-corrected chi connectivity index (χ1v) is 19.0. The highest BCUT2D eigenvalue weighted by Gasteiger charge is 2.35. The average molecular weight is 703 g/mol. The van der Waals surface area contributed by atoms with Crippen molar-refractivity contribution in [2.75, 3.05) is 0 Å². The molecule has 4 aromatic heterocycles. The van der Waals surface area contributed by atoms with Crippen LogP contribution < -0.4 is 0 Å². The van der Waals surface area contributed by atoms with Gasteiger partial charge in [-0.1, -0.05) is 123 Å². The highest BCUT2D eigenvalue weighted by molar-refractivity contribution is 6.20. The molecule has 12 rings (SSSR count). The van der Waals surface area contributed by atoms with E-state index in [0.29, 0.717) is 0 Å². The Kier molecular flexibility index (Phi) is 6.09. The van der Waals surface area contributed by atoms with E-state index in [4.69, 9.17) is 9.97 Å². The monoisotopic (exact) mass is 702 g/mol. The van der Waals surface area contributed by atoms with Crippen LogP contribution in [0.5, 0.6) is 0 Å². The first-order valence-electron chi connectivity index (χ1n) is 19.0. The van der Waals surface area contributed by atoms with Crippen molar-refractivity contribution >= 4 is 60.2 Å². The maximum atomic E-state index is 5.15. The first-order chi connectivity index (χ1) is 27.0. The SMILES string of the molecule is CC1(C)c2ccccc2-c2ccc(-c3cccc(-c4ccnc(-n5c6ccccc6c6cc7c8ccccc8c8nc9ccccc9n8c7cc65)c4)c3)cc21. The van der Waals surface area contributed by atoms with Gasteiger partial charge in [0.15, 0.2) is 0 Å². The van der Waals surface area contributed by atoms with Crippen LogP contribution in [0.15, 0.2) is 170 Å². The van der Waals surface area contributed by atoms with E-state index in [1.54, 1.807) is 0 Å². The Morgan fingerprint density at radius 2 is 1.11 bits per heavy atom. The topological polar surface area (TPSA) is 35.1 Å². The first kappa shape index (κ1) is 30.4. The fraction of sp³-hybridized carbons (Fsp3) is 0.0588. The predicted octanol–water partition coefficient (Wildman–Crippen LogP) is 12.9. The summed E-state index contributed by atoms with van der Waals surface area (Å²) in [5, 5.41) is 5.97. The third-order valence-electron chi connectivity index (χ3n) is 12.1. The molecule has 0 saturated heterocycles. The van der Waals surface area contributed by atoms with E-state index in [-0.39, 0.29) is 5.41 Å². The van der Waals surface area contributed by atoms with Crippen LogP contribution in [0.25, 0.3) is 99.4 Å². The van der Waals surface area contributed by atoms with Gasteiger partial charge in [0.2, 0.25) is 0 Å². The molecule has 0 fully saturated rings. The second kappa shape index (κ2) is 11.0. The number of rotatable bonds is 3. The van der Waals surface area contributed by atoms with Crippen molar-refractivity contribution < 1.29 is 0 Å². The van der Waals surface area contributed by atoms with Crippen molar-refractivity contribution in [3.8, 4) is 39.2 Å². The molecular weight excluding hydrogens is 669 g/mol. The zero-order chi connectivity index (χ0) is 36.4. The maximum Gasteiger partial charge on any atom is 0.146 e. The molecule has 1 aliphatic rings. The molecule has 0 atom stereocenters. The molecule has 0 saturated carbocycles. The number of nitrogens with zero attached hydrogens (tertiary/aromatic N) is 4. The molecule has 7 aromatic carbocycles. The van der Waals surface area contributed by atoms with Crippen LogP contribution in [0.2, 0.25) is 0 Å². The van der Waals surface area contributed by atoms with Gasteiger partial charge in [0.25, 0.3) is 0 Å². The highest BCUT2D eigenvalue weighted by Crippen LogP contribution is 2.49. The zero-order valence-electron chi connectivity index (χ0n) is 30.5. The van der Waals surface area contributed by atoms with Gasteiger partial charge in [-0.3, -0.25) is 8.97 Å². The number of imidazole rings is 1. The number of benzene rings is 7. The predicted molar refractivity (Wildman–Crippen MR) is 228 cm³/mol. The number of fused-ring (bicyclic) bond motifs is 14. The number of hydrogen-bond acceptors (Lipinski definition) is 2. The van der Waals surface area contributed by atoms with E-state index in [1.807, 2.05) is 6.20 Å². The van der Waals surface area contributed by atoms with Gasteiger partial charge in [-0.2, -0.15) is 0 Å². The van der Waals surface area contributed by atoms with E-state index in [9.17, 15) is 0 Å². The van der Waals surface area contributed by atoms with Crippen LogP contribution in [0.4, 0.5) is 0 Å². The molecule has 0 radical (unpaired) electrons. The van der Waals surface area contributed by atoms with Gasteiger partial charge in [0.05, 0.1) is 27.6 Å². The van der Waals surface area contributed by atoms with Crippen molar-refractivity contribution in [1.82, 2.24) is 18.9 Å². The number of pyridine rings is 2. The second-order valence-electron chi connectivity index (χ2n) is 15.5. The molecule has 11 aromatic rings. The van der Waals surface area contributed by atoms with Crippen molar-refractivity contribution in [1.29, 1.82) is 0 Å². The van der Waals surface area contributed by atoms with Gasteiger partial charge in [0.1, 0.15) is 11.5 Å². The molecular formula is C51H34N4. The van der Waals surface area contributed by atoms with Crippen LogP contribution in [0, 0.1) is 0 Å². The van der Waals surface area contributed by atoms with Gasteiger partial charge in [-0.15, -0.1) is 0 Å². The lowest BCUT2D eigenvalue weighted by molar-refractivity contribution is 0.660. The fourth-order valence-electron chi connectivity index (χ4n) is 9.50. The third kappa shape index (κ3) is 4.22. The Morgan fingerprint density at radius 1 is 0.436 bits per heavy atom. The molecule has 0 unspecified atom stereocenters. The molecule has 0 aliphatic heterocycles.